The molecule has 0 aromatic rings. The first kappa shape index (κ1) is 13.0. The highest BCUT2D eigenvalue weighted by Crippen LogP contribution is 2.20. The molecule has 1 aliphatic carbocycles. The van der Waals surface area contributed by atoms with Crippen molar-refractivity contribution in [2.75, 3.05) is 13.1 Å². The van der Waals surface area contributed by atoms with Crippen molar-refractivity contribution >= 4 is 0 Å². The number of hydrogen-bond donors (Lipinski definition) is 1. The fourth-order valence-corrected chi connectivity index (χ4v) is 2.07. The molecule has 1 rings (SSSR count). The molecule has 1 fully saturated rings. The summed E-state index contributed by atoms with van der Waals surface area (Å²) in [4.78, 5) is 0.732. The molecular weight excluding hydrogens is 210 g/mol. The van der Waals surface area contributed by atoms with E-state index in [0.29, 0.717) is 35.8 Å². The summed E-state index contributed by atoms with van der Waals surface area (Å²) in [5.41, 5.74) is 0. The molecule has 2 unspecified atom stereocenters. The summed E-state index contributed by atoms with van der Waals surface area (Å²) in [5, 5.41) is 34.6. The molecule has 0 aliphatic heterocycles. The minimum absolute atomic E-state index is 0.346. The highest BCUT2D eigenvalue weighted by atomic mass is 16.6. The third kappa shape index (κ3) is 2.75. The van der Waals surface area contributed by atoms with E-state index in [-0.39, 0.29) is 0 Å². The van der Waals surface area contributed by atoms with E-state index in [1.54, 1.807) is 0 Å². The van der Waals surface area contributed by atoms with Crippen LogP contribution >= 0.6 is 0 Å². The van der Waals surface area contributed by atoms with Gasteiger partial charge in [0.25, 0.3) is 0 Å². The molecule has 6 heteroatoms. The van der Waals surface area contributed by atoms with Gasteiger partial charge >= 0.3 is 0 Å². The first-order valence-corrected chi connectivity index (χ1v) is 5.98. The Kier molecular flexibility index (Phi) is 4.79. The normalized spacial score (nSPS) is 27.4. The number of nitrogens with zero attached hydrogens (tertiary/aromatic N) is 3. The first-order valence-electron chi connectivity index (χ1n) is 5.98. The molecule has 0 saturated heterocycles. The molecular formula is C10H21N3O3. The van der Waals surface area contributed by atoms with E-state index in [1.165, 1.54) is 5.01 Å². The lowest BCUT2D eigenvalue weighted by molar-refractivity contribution is -1.05. The van der Waals surface area contributed by atoms with Gasteiger partial charge in [0, 0.05) is 0 Å². The van der Waals surface area contributed by atoms with Gasteiger partial charge < -0.3 is 15.5 Å². The Morgan fingerprint density at radius 2 is 1.75 bits per heavy atom. The van der Waals surface area contributed by atoms with Crippen molar-refractivity contribution in [3.05, 3.63) is 10.4 Å². The summed E-state index contributed by atoms with van der Waals surface area (Å²) >= 11 is 0. The third-order valence-electron chi connectivity index (χ3n) is 3.12. The lowest BCUT2D eigenvalue weighted by Gasteiger charge is -2.27. The summed E-state index contributed by atoms with van der Waals surface area (Å²) in [6.45, 7) is 4.61. The van der Waals surface area contributed by atoms with Gasteiger partial charge in [0.05, 0.1) is 0 Å². The predicted molar refractivity (Wildman–Crippen MR) is 58.4 cm³/mol. The van der Waals surface area contributed by atoms with Crippen LogP contribution in [0, 0.1) is 10.4 Å². The maximum Gasteiger partial charge on any atom is 0.187 e. The molecule has 1 saturated carbocycles. The zero-order chi connectivity index (χ0) is 12.1. The zero-order valence-corrected chi connectivity index (χ0v) is 10.0. The Hall–Kier alpha value is -1.04. The van der Waals surface area contributed by atoms with Crippen LogP contribution in [0.3, 0.4) is 0 Å². The molecule has 16 heavy (non-hydrogen) atoms. The van der Waals surface area contributed by atoms with Gasteiger partial charge in [-0.05, 0) is 43.0 Å². The quantitative estimate of drug-likeness (QED) is 0.445. The minimum Gasteiger partial charge on any atom is -0.662 e. The second-order valence-corrected chi connectivity index (χ2v) is 4.11. The second-order valence-electron chi connectivity index (χ2n) is 4.11. The molecule has 0 aromatic carbocycles. The van der Waals surface area contributed by atoms with Crippen molar-refractivity contribution in [2.45, 2.75) is 51.7 Å². The van der Waals surface area contributed by atoms with Gasteiger partial charge in [-0.3, -0.25) is 0 Å². The fourth-order valence-electron chi connectivity index (χ4n) is 2.07. The van der Waals surface area contributed by atoms with Crippen molar-refractivity contribution in [1.29, 1.82) is 0 Å². The molecule has 0 heterocycles. The zero-order valence-electron chi connectivity index (χ0n) is 10.0. The van der Waals surface area contributed by atoms with Crippen LogP contribution < -0.4 is 0 Å². The van der Waals surface area contributed by atoms with Gasteiger partial charge in [0.1, 0.15) is 19.2 Å². The maximum absolute atomic E-state index is 11.8. The number of aliphatic hydroxyl groups excluding tert-OH is 1. The Morgan fingerprint density at radius 3 is 2.25 bits per heavy atom. The number of hydrazine groups is 1. The molecule has 1 N–H and O–H groups in total. The van der Waals surface area contributed by atoms with Crippen molar-refractivity contribution in [3.8, 4) is 0 Å². The van der Waals surface area contributed by atoms with Crippen LogP contribution in [-0.2, 0) is 0 Å². The molecule has 0 bridgehead atoms. The maximum atomic E-state index is 11.8. The minimum atomic E-state index is -0.682. The van der Waals surface area contributed by atoms with Crippen molar-refractivity contribution in [2.24, 2.45) is 0 Å². The molecule has 0 spiro atoms. The molecule has 2 atom stereocenters. The Morgan fingerprint density at radius 1 is 1.19 bits per heavy atom. The van der Waals surface area contributed by atoms with Crippen LogP contribution in [0.25, 0.3) is 0 Å². The Balaban J connectivity index is 2.79. The van der Waals surface area contributed by atoms with Crippen LogP contribution in [-0.4, -0.2) is 45.2 Å². The number of rotatable bonds is 4. The predicted octanol–water partition coefficient (Wildman–Crippen LogP) is 1.02. The van der Waals surface area contributed by atoms with Crippen LogP contribution in [0.5, 0.6) is 0 Å². The van der Waals surface area contributed by atoms with E-state index < -0.39 is 12.1 Å². The monoisotopic (exact) mass is 231 g/mol. The highest BCUT2D eigenvalue weighted by Gasteiger charge is 2.32. The first-order chi connectivity index (χ1) is 7.61. The largest absolute Gasteiger partial charge is 0.662 e. The average molecular weight is 231 g/mol. The Bertz CT molecular complexity index is 254. The smallest absolute Gasteiger partial charge is 0.187 e. The lowest BCUT2D eigenvalue weighted by Crippen LogP contribution is -2.45. The van der Waals surface area contributed by atoms with Crippen LogP contribution in [0.1, 0.15) is 39.5 Å². The third-order valence-corrected chi connectivity index (χ3v) is 3.12. The van der Waals surface area contributed by atoms with E-state index in [1.807, 2.05) is 13.8 Å². The molecule has 1 aliphatic rings. The molecule has 0 amide bonds. The number of aliphatic hydroxyl groups is 1. The fraction of sp³-hybridized carbons (Fsp3) is 1.00. The summed E-state index contributed by atoms with van der Waals surface area (Å²) in [6.07, 6.45) is 2.33. The van der Waals surface area contributed by atoms with E-state index >= 15 is 0 Å². The van der Waals surface area contributed by atoms with Gasteiger partial charge in [-0.1, -0.05) is 6.42 Å². The summed E-state index contributed by atoms with van der Waals surface area (Å²) in [5.74, 6) is 0. The second kappa shape index (κ2) is 5.89. The van der Waals surface area contributed by atoms with Gasteiger partial charge in [-0.2, -0.15) is 0 Å². The van der Waals surface area contributed by atoms with Gasteiger partial charge in [-0.15, -0.1) is 0 Å². The molecule has 94 valence electrons. The van der Waals surface area contributed by atoms with Crippen molar-refractivity contribution in [3.63, 3.8) is 0 Å². The molecule has 0 radical (unpaired) electrons. The molecule has 6 nitrogen and oxygen atoms in total. The summed E-state index contributed by atoms with van der Waals surface area (Å²) in [6, 6.07) is -0.591. The Labute approximate surface area is 95.9 Å². The van der Waals surface area contributed by atoms with Gasteiger partial charge in [0.15, 0.2) is 11.0 Å². The standard InChI is InChI=1S/C10H21N3O3/c1-3-11(4-2)13(16)12(15)9-7-5-6-8-10(9)14/h9-10,14H,3-8H2,1-2H3/b13-12+. The summed E-state index contributed by atoms with van der Waals surface area (Å²) in [7, 11) is 0. The van der Waals surface area contributed by atoms with Crippen molar-refractivity contribution in [1.82, 2.24) is 5.01 Å². The van der Waals surface area contributed by atoms with Gasteiger partial charge in [0.2, 0.25) is 0 Å². The van der Waals surface area contributed by atoms with E-state index in [2.05, 4.69) is 0 Å². The SMILES string of the molecule is CCN(CC)/[N+]([O-])=[N+](\[O-])C1CCCCC1O. The van der Waals surface area contributed by atoms with Crippen LogP contribution in [0.4, 0.5) is 0 Å². The van der Waals surface area contributed by atoms with Gasteiger partial charge in [-0.25, -0.2) is 0 Å². The molecule has 0 aromatic heterocycles. The van der Waals surface area contributed by atoms with Crippen LogP contribution in [0.2, 0.25) is 0 Å². The van der Waals surface area contributed by atoms with Crippen molar-refractivity contribution < 1.29 is 14.9 Å². The number of hydrogen-bond acceptors (Lipinski definition) is 3. The van der Waals surface area contributed by atoms with E-state index in [0.717, 1.165) is 12.8 Å². The van der Waals surface area contributed by atoms with E-state index in [4.69, 9.17) is 0 Å². The average Bonchev–Trinajstić information content (AvgIpc) is 2.30. The van der Waals surface area contributed by atoms with E-state index in [9.17, 15) is 15.5 Å². The lowest BCUT2D eigenvalue weighted by atomic mass is 9.93. The highest BCUT2D eigenvalue weighted by molar-refractivity contribution is 4.72. The topological polar surface area (TPSA) is 75.6 Å². The number of hydroxylamine groups is 1. The summed E-state index contributed by atoms with van der Waals surface area (Å²) < 4.78 is 0. The van der Waals surface area contributed by atoms with Crippen LogP contribution in [0.15, 0.2) is 0 Å².